The fourth-order valence-corrected chi connectivity index (χ4v) is 2.42. The molecule has 1 aliphatic heterocycles. The van der Waals surface area contributed by atoms with Crippen molar-refractivity contribution in [1.82, 2.24) is 9.36 Å². The first-order chi connectivity index (χ1) is 7.75. The molecule has 0 radical (unpaired) electrons. The Balaban J connectivity index is 1.79. The number of rotatable bonds is 4. The van der Waals surface area contributed by atoms with Crippen LogP contribution in [0.3, 0.4) is 0 Å². The minimum atomic E-state index is 0.347. The molecule has 90 valence electrons. The Kier molecular flexibility index (Phi) is 4.12. The normalized spacial score (nSPS) is 21.3. The number of aromatic nitrogens is 2. The van der Waals surface area contributed by atoms with E-state index in [0.717, 1.165) is 30.5 Å². The monoisotopic (exact) mass is 241 g/mol. The summed E-state index contributed by atoms with van der Waals surface area (Å²) in [4.78, 5) is 4.43. The van der Waals surface area contributed by atoms with E-state index in [4.69, 9.17) is 4.74 Å². The van der Waals surface area contributed by atoms with Crippen molar-refractivity contribution in [3.05, 3.63) is 5.82 Å². The van der Waals surface area contributed by atoms with Gasteiger partial charge < -0.3 is 10.1 Å². The standard InChI is InChI=1S/C11H19N3OS/c1-8(2)10-13-11(16-14-10)12-7-9-5-3-4-6-15-9/h8-9H,3-7H2,1-2H3,(H,12,13,14). The second-order valence-electron chi connectivity index (χ2n) is 4.48. The number of ether oxygens (including phenoxy) is 1. The average Bonchev–Trinajstić information content (AvgIpc) is 2.76. The highest BCUT2D eigenvalue weighted by molar-refractivity contribution is 7.09. The van der Waals surface area contributed by atoms with E-state index in [1.807, 2.05) is 0 Å². The molecule has 0 spiro atoms. The highest BCUT2D eigenvalue weighted by Crippen LogP contribution is 2.18. The highest BCUT2D eigenvalue weighted by atomic mass is 32.1. The lowest BCUT2D eigenvalue weighted by Gasteiger charge is -2.22. The van der Waals surface area contributed by atoms with Crippen molar-refractivity contribution < 1.29 is 4.74 Å². The van der Waals surface area contributed by atoms with Gasteiger partial charge in [-0.25, -0.2) is 4.98 Å². The SMILES string of the molecule is CC(C)c1nsc(NCC2CCCCO2)n1. The van der Waals surface area contributed by atoms with Gasteiger partial charge >= 0.3 is 0 Å². The molecule has 0 amide bonds. The van der Waals surface area contributed by atoms with Crippen LogP contribution in [0.5, 0.6) is 0 Å². The number of hydrogen-bond donors (Lipinski definition) is 1. The highest BCUT2D eigenvalue weighted by Gasteiger charge is 2.14. The minimum absolute atomic E-state index is 0.347. The molecule has 1 saturated heterocycles. The zero-order valence-electron chi connectivity index (χ0n) is 9.90. The zero-order chi connectivity index (χ0) is 11.4. The molecule has 0 saturated carbocycles. The van der Waals surface area contributed by atoms with E-state index >= 15 is 0 Å². The van der Waals surface area contributed by atoms with Crippen LogP contribution in [0.15, 0.2) is 0 Å². The molecule has 4 nitrogen and oxygen atoms in total. The van der Waals surface area contributed by atoms with Gasteiger partial charge in [0.2, 0.25) is 5.13 Å². The van der Waals surface area contributed by atoms with E-state index < -0.39 is 0 Å². The van der Waals surface area contributed by atoms with Gasteiger partial charge in [-0.3, -0.25) is 0 Å². The molecular weight excluding hydrogens is 222 g/mol. The summed E-state index contributed by atoms with van der Waals surface area (Å²) in [6, 6.07) is 0. The Morgan fingerprint density at radius 3 is 3.00 bits per heavy atom. The first kappa shape index (κ1) is 11.8. The van der Waals surface area contributed by atoms with E-state index in [1.165, 1.54) is 24.4 Å². The molecule has 1 aliphatic rings. The number of nitrogens with zero attached hydrogens (tertiary/aromatic N) is 2. The molecule has 16 heavy (non-hydrogen) atoms. The summed E-state index contributed by atoms with van der Waals surface area (Å²) >= 11 is 1.44. The third kappa shape index (κ3) is 3.15. The van der Waals surface area contributed by atoms with Gasteiger partial charge in [0.1, 0.15) is 5.82 Å². The smallest absolute Gasteiger partial charge is 0.202 e. The first-order valence-corrected chi connectivity index (χ1v) is 6.72. The van der Waals surface area contributed by atoms with Crippen LogP contribution in [-0.2, 0) is 4.74 Å². The van der Waals surface area contributed by atoms with Crippen LogP contribution in [0, 0.1) is 0 Å². The molecule has 0 aliphatic carbocycles. The van der Waals surface area contributed by atoms with Gasteiger partial charge in [0, 0.05) is 30.6 Å². The predicted molar refractivity (Wildman–Crippen MR) is 66.1 cm³/mol. The predicted octanol–water partition coefficient (Wildman–Crippen LogP) is 2.64. The Morgan fingerprint density at radius 1 is 1.50 bits per heavy atom. The van der Waals surface area contributed by atoms with Crippen molar-refractivity contribution in [3.63, 3.8) is 0 Å². The lowest BCUT2D eigenvalue weighted by molar-refractivity contribution is 0.0247. The lowest BCUT2D eigenvalue weighted by atomic mass is 10.1. The van der Waals surface area contributed by atoms with Crippen molar-refractivity contribution in [2.45, 2.75) is 45.1 Å². The van der Waals surface area contributed by atoms with Gasteiger partial charge in [-0.05, 0) is 19.3 Å². The number of anilines is 1. The Morgan fingerprint density at radius 2 is 2.38 bits per heavy atom. The van der Waals surface area contributed by atoms with Crippen LogP contribution in [-0.4, -0.2) is 28.6 Å². The summed E-state index contributed by atoms with van der Waals surface area (Å²) in [5.74, 6) is 1.33. The van der Waals surface area contributed by atoms with Gasteiger partial charge in [0.25, 0.3) is 0 Å². The van der Waals surface area contributed by atoms with Gasteiger partial charge in [0.05, 0.1) is 6.10 Å². The second-order valence-corrected chi connectivity index (χ2v) is 5.23. The molecular formula is C11H19N3OS. The van der Waals surface area contributed by atoms with Gasteiger partial charge in [-0.1, -0.05) is 13.8 Å². The summed E-state index contributed by atoms with van der Waals surface area (Å²) in [5.41, 5.74) is 0. The Bertz CT molecular complexity index is 321. The summed E-state index contributed by atoms with van der Waals surface area (Å²) in [5, 5.41) is 4.22. The second kappa shape index (κ2) is 5.59. The Labute approximate surface area is 101 Å². The van der Waals surface area contributed by atoms with Crippen molar-refractivity contribution in [3.8, 4) is 0 Å². The fraction of sp³-hybridized carbons (Fsp3) is 0.818. The first-order valence-electron chi connectivity index (χ1n) is 5.95. The molecule has 1 aromatic rings. The van der Waals surface area contributed by atoms with Gasteiger partial charge in [-0.15, -0.1) is 0 Å². The maximum absolute atomic E-state index is 5.65. The molecule has 1 N–H and O–H groups in total. The van der Waals surface area contributed by atoms with Crippen molar-refractivity contribution in [1.29, 1.82) is 0 Å². The van der Waals surface area contributed by atoms with Crippen LogP contribution in [0.1, 0.15) is 44.9 Å². The molecule has 1 unspecified atom stereocenters. The molecule has 1 aromatic heterocycles. The van der Waals surface area contributed by atoms with Crippen LogP contribution >= 0.6 is 11.5 Å². The largest absolute Gasteiger partial charge is 0.376 e. The molecule has 1 atom stereocenters. The summed E-state index contributed by atoms with van der Waals surface area (Å²) in [7, 11) is 0. The molecule has 1 fully saturated rings. The van der Waals surface area contributed by atoms with E-state index in [2.05, 4.69) is 28.5 Å². The van der Waals surface area contributed by atoms with Gasteiger partial charge in [-0.2, -0.15) is 4.37 Å². The fourth-order valence-electron chi connectivity index (χ4n) is 1.71. The zero-order valence-corrected chi connectivity index (χ0v) is 10.7. The third-order valence-electron chi connectivity index (χ3n) is 2.71. The quantitative estimate of drug-likeness (QED) is 0.880. The van der Waals surface area contributed by atoms with Crippen molar-refractivity contribution in [2.24, 2.45) is 0 Å². The Hall–Kier alpha value is -0.680. The lowest BCUT2D eigenvalue weighted by Crippen LogP contribution is -2.26. The minimum Gasteiger partial charge on any atom is -0.376 e. The molecule has 2 heterocycles. The third-order valence-corrected chi connectivity index (χ3v) is 3.40. The van der Waals surface area contributed by atoms with E-state index in [-0.39, 0.29) is 0 Å². The van der Waals surface area contributed by atoms with Gasteiger partial charge in [0.15, 0.2) is 0 Å². The van der Waals surface area contributed by atoms with E-state index in [9.17, 15) is 0 Å². The van der Waals surface area contributed by atoms with E-state index in [0.29, 0.717) is 12.0 Å². The average molecular weight is 241 g/mol. The van der Waals surface area contributed by atoms with Crippen LogP contribution in [0.4, 0.5) is 5.13 Å². The van der Waals surface area contributed by atoms with E-state index in [1.54, 1.807) is 0 Å². The summed E-state index contributed by atoms with van der Waals surface area (Å²) < 4.78 is 9.95. The molecule has 5 heteroatoms. The van der Waals surface area contributed by atoms with Crippen LogP contribution in [0.25, 0.3) is 0 Å². The summed E-state index contributed by atoms with van der Waals surface area (Å²) in [6.45, 7) is 5.97. The topological polar surface area (TPSA) is 47.0 Å². The van der Waals surface area contributed by atoms with Crippen LogP contribution in [0.2, 0.25) is 0 Å². The van der Waals surface area contributed by atoms with Crippen LogP contribution < -0.4 is 5.32 Å². The number of nitrogens with one attached hydrogen (secondary N) is 1. The van der Waals surface area contributed by atoms with Crippen molar-refractivity contribution in [2.75, 3.05) is 18.5 Å². The summed E-state index contributed by atoms with van der Waals surface area (Å²) in [6.07, 6.45) is 3.98. The maximum atomic E-state index is 5.65. The van der Waals surface area contributed by atoms with Crippen molar-refractivity contribution >= 4 is 16.7 Å². The maximum Gasteiger partial charge on any atom is 0.202 e. The molecule has 2 rings (SSSR count). The molecule has 0 bridgehead atoms. The number of hydrogen-bond acceptors (Lipinski definition) is 5. The molecule has 0 aromatic carbocycles.